The third kappa shape index (κ3) is 3.81. The maximum atomic E-state index is 11.2. The third-order valence-corrected chi connectivity index (χ3v) is 3.20. The Morgan fingerprint density at radius 3 is 2.75 bits per heavy atom. The molecule has 1 heterocycles. The predicted octanol–water partition coefficient (Wildman–Crippen LogP) is 1.99. The zero-order valence-electron chi connectivity index (χ0n) is 9.98. The molecule has 0 amide bonds. The van der Waals surface area contributed by atoms with E-state index < -0.39 is 0 Å². The number of carbonyl (C=O) groups excluding carboxylic acids is 1. The molecule has 0 aliphatic rings. The fourth-order valence-electron chi connectivity index (χ4n) is 1.24. The molecule has 4 nitrogen and oxygen atoms in total. The van der Waals surface area contributed by atoms with Crippen LogP contribution in [-0.2, 0) is 9.53 Å². The summed E-state index contributed by atoms with van der Waals surface area (Å²) in [7, 11) is 1.41. The number of esters is 1. The zero-order chi connectivity index (χ0) is 12.1. The highest BCUT2D eigenvalue weighted by atomic mass is 32.2. The number of aryl methyl sites for hydroxylation is 2. The predicted molar refractivity (Wildman–Crippen MR) is 63.4 cm³/mol. The van der Waals surface area contributed by atoms with E-state index in [2.05, 4.69) is 14.7 Å². The minimum Gasteiger partial charge on any atom is -0.469 e. The summed E-state index contributed by atoms with van der Waals surface area (Å²) in [6.45, 7) is 5.64. The highest BCUT2D eigenvalue weighted by molar-refractivity contribution is 7.99. The van der Waals surface area contributed by atoms with Crippen LogP contribution < -0.4 is 0 Å². The fourth-order valence-corrected chi connectivity index (χ4v) is 2.24. The molecule has 16 heavy (non-hydrogen) atoms. The largest absolute Gasteiger partial charge is 0.469 e. The summed E-state index contributed by atoms with van der Waals surface area (Å²) in [6.07, 6.45) is 0. The van der Waals surface area contributed by atoms with E-state index >= 15 is 0 Å². The van der Waals surface area contributed by atoms with E-state index in [-0.39, 0.29) is 11.9 Å². The van der Waals surface area contributed by atoms with Gasteiger partial charge in [0.15, 0.2) is 0 Å². The Bertz CT molecular complexity index is 362. The van der Waals surface area contributed by atoms with Crippen LogP contribution in [0.2, 0.25) is 0 Å². The molecule has 0 N–H and O–H groups in total. The van der Waals surface area contributed by atoms with Crippen molar-refractivity contribution in [2.45, 2.75) is 25.8 Å². The summed E-state index contributed by atoms with van der Waals surface area (Å²) < 4.78 is 4.66. The first-order valence-corrected chi connectivity index (χ1v) is 6.04. The fraction of sp³-hybridized carbons (Fsp3) is 0.545. The van der Waals surface area contributed by atoms with Gasteiger partial charge in [-0.05, 0) is 19.9 Å². The van der Waals surface area contributed by atoms with Crippen LogP contribution in [0.15, 0.2) is 11.1 Å². The van der Waals surface area contributed by atoms with Crippen LogP contribution in [0.1, 0.15) is 18.4 Å². The first-order chi connectivity index (χ1) is 7.52. The number of hydrogen-bond donors (Lipinski definition) is 0. The normalized spacial score (nSPS) is 12.2. The van der Waals surface area contributed by atoms with Gasteiger partial charge >= 0.3 is 5.97 Å². The lowest BCUT2D eigenvalue weighted by Crippen LogP contribution is -2.14. The Balaban J connectivity index is 2.57. The van der Waals surface area contributed by atoms with Crippen LogP contribution in [0.4, 0.5) is 0 Å². The molecule has 0 bridgehead atoms. The van der Waals surface area contributed by atoms with Crippen molar-refractivity contribution in [3.63, 3.8) is 0 Å². The number of ether oxygens (including phenoxy) is 1. The summed E-state index contributed by atoms with van der Waals surface area (Å²) >= 11 is 1.55. The van der Waals surface area contributed by atoms with Crippen molar-refractivity contribution in [3.8, 4) is 0 Å². The zero-order valence-corrected chi connectivity index (χ0v) is 10.8. The van der Waals surface area contributed by atoms with Gasteiger partial charge in [0.1, 0.15) is 5.82 Å². The Kier molecular flexibility index (Phi) is 4.73. The summed E-state index contributed by atoms with van der Waals surface area (Å²) in [5.41, 5.74) is 0.945. The van der Waals surface area contributed by atoms with Gasteiger partial charge in [-0.15, -0.1) is 11.8 Å². The van der Waals surface area contributed by atoms with Gasteiger partial charge in [-0.2, -0.15) is 0 Å². The van der Waals surface area contributed by atoms with Crippen LogP contribution >= 0.6 is 11.8 Å². The lowest BCUT2D eigenvalue weighted by molar-refractivity contribution is -0.143. The standard InChI is InChI=1S/C11H16N2O2S/c1-7(11(14)15-4)6-16-10-5-8(2)12-9(3)13-10/h5,7H,6H2,1-4H3. The van der Waals surface area contributed by atoms with Crippen LogP contribution in [0, 0.1) is 19.8 Å². The average molecular weight is 240 g/mol. The van der Waals surface area contributed by atoms with Crippen molar-refractivity contribution in [1.82, 2.24) is 9.97 Å². The first-order valence-electron chi connectivity index (χ1n) is 5.06. The molecule has 0 fully saturated rings. The monoisotopic (exact) mass is 240 g/mol. The molecule has 1 aromatic rings. The van der Waals surface area contributed by atoms with E-state index in [0.29, 0.717) is 5.75 Å². The van der Waals surface area contributed by atoms with Gasteiger partial charge in [0.05, 0.1) is 18.1 Å². The van der Waals surface area contributed by atoms with Crippen molar-refractivity contribution < 1.29 is 9.53 Å². The van der Waals surface area contributed by atoms with Crippen molar-refractivity contribution in [2.24, 2.45) is 5.92 Å². The maximum absolute atomic E-state index is 11.2. The van der Waals surface area contributed by atoms with Crippen LogP contribution in [-0.4, -0.2) is 28.8 Å². The number of aromatic nitrogens is 2. The Morgan fingerprint density at radius 2 is 2.19 bits per heavy atom. The maximum Gasteiger partial charge on any atom is 0.309 e. The van der Waals surface area contributed by atoms with Crippen LogP contribution in [0.25, 0.3) is 0 Å². The van der Waals surface area contributed by atoms with Crippen molar-refractivity contribution >= 4 is 17.7 Å². The Morgan fingerprint density at radius 1 is 1.50 bits per heavy atom. The number of nitrogens with zero attached hydrogens (tertiary/aromatic N) is 2. The molecule has 0 aliphatic carbocycles. The highest BCUT2D eigenvalue weighted by Crippen LogP contribution is 2.19. The van der Waals surface area contributed by atoms with Gasteiger partial charge in [0.25, 0.3) is 0 Å². The molecule has 5 heteroatoms. The highest BCUT2D eigenvalue weighted by Gasteiger charge is 2.13. The molecule has 88 valence electrons. The smallest absolute Gasteiger partial charge is 0.309 e. The van der Waals surface area contributed by atoms with Gasteiger partial charge in [-0.1, -0.05) is 6.92 Å². The lowest BCUT2D eigenvalue weighted by atomic mass is 10.2. The molecule has 0 spiro atoms. The molecule has 1 aromatic heterocycles. The van der Waals surface area contributed by atoms with Crippen molar-refractivity contribution in [1.29, 1.82) is 0 Å². The van der Waals surface area contributed by atoms with Crippen LogP contribution in [0.5, 0.6) is 0 Å². The number of methoxy groups -OCH3 is 1. The molecule has 0 radical (unpaired) electrons. The second kappa shape index (κ2) is 5.84. The molecule has 1 unspecified atom stereocenters. The molecule has 1 rings (SSSR count). The minimum absolute atomic E-state index is 0.120. The molecular formula is C11H16N2O2S. The van der Waals surface area contributed by atoms with E-state index in [1.54, 1.807) is 11.8 Å². The second-order valence-electron chi connectivity index (χ2n) is 3.63. The summed E-state index contributed by atoms with van der Waals surface area (Å²) in [4.78, 5) is 19.7. The summed E-state index contributed by atoms with van der Waals surface area (Å²) in [5.74, 6) is 1.12. The van der Waals surface area contributed by atoms with Gasteiger partial charge in [0.2, 0.25) is 0 Å². The lowest BCUT2D eigenvalue weighted by Gasteiger charge is -2.08. The van der Waals surface area contributed by atoms with E-state index in [9.17, 15) is 4.79 Å². The molecule has 0 aliphatic heterocycles. The quantitative estimate of drug-likeness (QED) is 0.457. The summed E-state index contributed by atoms with van der Waals surface area (Å²) in [5, 5.41) is 0.903. The minimum atomic E-state index is -0.185. The molecule has 0 saturated carbocycles. The van der Waals surface area contributed by atoms with Crippen LogP contribution in [0.3, 0.4) is 0 Å². The second-order valence-corrected chi connectivity index (χ2v) is 4.67. The van der Waals surface area contributed by atoms with E-state index in [1.165, 1.54) is 7.11 Å². The Labute approximate surface area is 99.8 Å². The van der Waals surface area contributed by atoms with E-state index in [0.717, 1.165) is 16.5 Å². The molecule has 0 saturated heterocycles. The average Bonchev–Trinajstić information content (AvgIpc) is 2.23. The van der Waals surface area contributed by atoms with Gasteiger partial charge in [-0.25, -0.2) is 9.97 Å². The SMILES string of the molecule is COC(=O)C(C)CSc1cc(C)nc(C)n1. The molecular weight excluding hydrogens is 224 g/mol. The number of hydrogen-bond acceptors (Lipinski definition) is 5. The number of thioether (sulfide) groups is 1. The topological polar surface area (TPSA) is 52.1 Å². The molecule has 0 aromatic carbocycles. The van der Waals surface area contributed by atoms with Crippen molar-refractivity contribution in [2.75, 3.05) is 12.9 Å². The van der Waals surface area contributed by atoms with Crippen molar-refractivity contribution in [3.05, 3.63) is 17.6 Å². The van der Waals surface area contributed by atoms with Gasteiger partial charge in [0, 0.05) is 11.4 Å². The number of rotatable bonds is 4. The summed E-state index contributed by atoms with van der Waals surface area (Å²) in [6, 6.07) is 1.92. The third-order valence-electron chi connectivity index (χ3n) is 2.03. The molecule has 1 atom stereocenters. The Hall–Kier alpha value is -1.10. The first kappa shape index (κ1) is 13.0. The number of carbonyl (C=O) groups is 1. The van der Waals surface area contributed by atoms with Gasteiger partial charge in [-0.3, -0.25) is 4.79 Å². The van der Waals surface area contributed by atoms with E-state index in [1.807, 2.05) is 26.8 Å². The van der Waals surface area contributed by atoms with Gasteiger partial charge < -0.3 is 4.74 Å². The van der Waals surface area contributed by atoms with E-state index in [4.69, 9.17) is 0 Å².